The molecule has 1 nitrogen and oxygen atoms in total. The van der Waals surface area contributed by atoms with Crippen LogP contribution in [-0.4, -0.2) is 12.2 Å². The van der Waals surface area contributed by atoms with E-state index in [1.807, 2.05) is 36.4 Å². The fourth-order valence-electron chi connectivity index (χ4n) is 1.53. The van der Waals surface area contributed by atoms with Gasteiger partial charge in [0, 0.05) is 5.88 Å². The molecular formula is C14H17ClO. The van der Waals surface area contributed by atoms with Crippen molar-refractivity contribution in [2.24, 2.45) is 0 Å². The SMILES string of the molecule is O=C/C(=C/c1ccccc1)CCCCCCl. The summed E-state index contributed by atoms with van der Waals surface area (Å²) in [6.45, 7) is 0. The molecule has 0 N–H and O–H groups in total. The predicted octanol–water partition coefficient (Wildman–Crippen LogP) is 4.07. The maximum atomic E-state index is 10.9. The molecule has 0 heterocycles. The molecule has 0 spiro atoms. The highest BCUT2D eigenvalue weighted by atomic mass is 35.5. The van der Waals surface area contributed by atoms with Crippen molar-refractivity contribution >= 4 is 24.0 Å². The number of carbonyl (C=O) groups is 1. The van der Waals surface area contributed by atoms with Gasteiger partial charge in [0.25, 0.3) is 0 Å². The van der Waals surface area contributed by atoms with Gasteiger partial charge in [-0.15, -0.1) is 11.6 Å². The predicted molar refractivity (Wildman–Crippen MR) is 69.7 cm³/mol. The normalized spacial score (nSPS) is 11.4. The van der Waals surface area contributed by atoms with Gasteiger partial charge in [-0.2, -0.15) is 0 Å². The molecule has 2 heteroatoms. The van der Waals surface area contributed by atoms with E-state index in [9.17, 15) is 4.79 Å². The number of rotatable bonds is 7. The molecule has 0 saturated heterocycles. The van der Waals surface area contributed by atoms with E-state index in [-0.39, 0.29) is 0 Å². The molecule has 0 amide bonds. The maximum absolute atomic E-state index is 10.9. The lowest BCUT2D eigenvalue weighted by Gasteiger charge is -2.00. The van der Waals surface area contributed by atoms with Crippen LogP contribution in [0, 0.1) is 0 Å². The highest BCUT2D eigenvalue weighted by Crippen LogP contribution is 2.12. The number of halogens is 1. The molecule has 0 radical (unpaired) electrons. The van der Waals surface area contributed by atoms with E-state index in [2.05, 4.69) is 0 Å². The van der Waals surface area contributed by atoms with Crippen molar-refractivity contribution in [1.29, 1.82) is 0 Å². The number of alkyl halides is 1. The zero-order valence-corrected chi connectivity index (χ0v) is 10.1. The topological polar surface area (TPSA) is 17.1 Å². The maximum Gasteiger partial charge on any atom is 0.146 e. The van der Waals surface area contributed by atoms with E-state index >= 15 is 0 Å². The number of allylic oxidation sites excluding steroid dienone is 1. The van der Waals surface area contributed by atoms with Crippen LogP contribution in [0.2, 0.25) is 0 Å². The minimum absolute atomic E-state index is 0.707. The van der Waals surface area contributed by atoms with Crippen LogP contribution in [-0.2, 0) is 4.79 Å². The molecule has 0 atom stereocenters. The molecule has 0 bridgehead atoms. The standard InChI is InChI=1S/C14H17ClO/c15-10-6-2-5-9-14(12-16)11-13-7-3-1-4-8-13/h1,3-4,7-8,11-12H,2,5-6,9-10H2/b14-11+. The van der Waals surface area contributed by atoms with Gasteiger partial charge in [-0.25, -0.2) is 0 Å². The number of unbranched alkanes of at least 4 members (excludes halogenated alkanes) is 2. The zero-order valence-electron chi connectivity index (χ0n) is 9.36. The fraction of sp³-hybridized carbons (Fsp3) is 0.357. The molecule has 0 aliphatic heterocycles. The second kappa shape index (κ2) is 8.12. The summed E-state index contributed by atoms with van der Waals surface area (Å²) in [6, 6.07) is 9.92. The second-order valence-corrected chi connectivity index (χ2v) is 4.13. The molecule has 86 valence electrons. The summed E-state index contributed by atoms with van der Waals surface area (Å²) >= 11 is 5.60. The second-order valence-electron chi connectivity index (χ2n) is 3.75. The highest BCUT2D eigenvalue weighted by Gasteiger charge is 1.96. The van der Waals surface area contributed by atoms with Crippen LogP contribution in [0.4, 0.5) is 0 Å². The highest BCUT2D eigenvalue weighted by molar-refractivity contribution is 6.17. The first-order valence-electron chi connectivity index (χ1n) is 5.63. The molecule has 0 aliphatic carbocycles. The first kappa shape index (κ1) is 13.0. The number of carbonyl (C=O) groups excluding carboxylic acids is 1. The van der Waals surface area contributed by atoms with Crippen LogP contribution in [0.1, 0.15) is 31.2 Å². The molecule has 0 unspecified atom stereocenters. The fourth-order valence-corrected chi connectivity index (χ4v) is 1.72. The summed E-state index contributed by atoms with van der Waals surface area (Å²) in [5.41, 5.74) is 1.95. The Hall–Kier alpha value is -1.08. The van der Waals surface area contributed by atoms with Gasteiger partial charge < -0.3 is 0 Å². The zero-order chi connectivity index (χ0) is 11.6. The van der Waals surface area contributed by atoms with Crippen LogP contribution in [0.15, 0.2) is 35.9 Å². The molecule has 0 fully saturated rings. The average Bonchev–Trinajstić information content (AvgIpc) is 2.34. The summed E-state index contributed by atoms with van der Waals surface area (Å²) in [5, 5.41) is 0. The van der Waals surface area contributed by atoms with E-state index in [0.717, 1.165) is 43.1 Å². The molecule has 16 heavy (non-hydrogen) atoms. The summed E-state index contributed by atoms with van der Waals surface area (Å²) in [7, 11) is 0. The Labute approximate surface area is 102 Å². The van der Waals surface area contributed by atoms with Crippen LogP contribution >= 0.6 is 11.6 Å². The molecule has 0 aromatic heterocycles. The Bertz CT molecular complexity index is 330. The van der Waals surface area contributed by atoms with E-state index in [1.54, 1.807) is 0 Å². The summed E-state index contributed by atoms with van der Waals surface area (Å²) in [6.07, 6.45) is 6.89. The summed E-state index contributed by atoms with van der Waals surface area (Å²) in [5.74, 6) is 0.707. The molecule has 1 aromatic carbocycles. The van der Waals surface area contributed by atoms with E-state index in [4.69, 9.17) is 11.6 Å². The van der Waals surface area contributed by atoms with Crippen molar-refractivity contribution in [1.82, 2.24) is 0 Å². The average molecular weight is 237 g/mol. The largest absolute Gasteiger partial charge is 0.298 e. The van der Waals surface area contributed by atoms with Gasteiger partial charge in [0.15, 0.2) is 0 Å². The lowest BCUT2D eigenvalue weighted by atomic mass is 10.1. The first-order chi connectivity index (χ1) is 7.86. The van der Waals surface area contributed by atoms with Gasteiger partial charge in [0.2, 0.25) is 0 Å². The van der Waals surface area contributed by atoms with E-state index < -0.39 is 0 Å². The molecule has 0 saturated carbocycles. The molecular weight excluding hydrogens is 220 g/mol. The summed E-state index contributed by atoms with van der Waals surface area (Å²) < 4.78 is 0. The number of aldehydes is 1. The Morgan fingerprint density at radius 3 is 2.50 bits per heavy atom. The number of benzene rings is 1. The van der Waals surface area contributed by atoms with E-state index in [1.165, 1.54) is 0 Å². The van der Waals surface area contributed by atoms with Gasteiger partial charge in [0.1, 0.15) is 6.29 Å². The van der Waals surface area contributed by atoms with Crippen molar-refractivity contribution in [3.63, 3.8) is 0 Å². The third-order valence-corrected chi connectivity index (χ3v) is 2.67. The minimum atomic E-state index is 0.707. The van der Waals surface area contributed by atoms with Crippen molar-refractivity contribution in [2.75, 3.05) is 5.88 Å². The van der Waals surface area contributed by atoms with Gasteiger partial charge >= 0.3 is 0 Å². The Morgan fingerprint density at radius 2 is 1.88 bits per heavy atom. The van der Waals surface area contributed by atoms with Crippen LogP contribution < -0.4 is 0 Å². The first-order valence-corrected chi connectivity index (χ1v) is 6.17. The van der Waals surface area contributed by atoms with Crippen LogP contribution in [0.5, 0.6) is 0 Å². The lowest BCUT2D eigenvalue weighted by Crippen LogP contribution is -1.87. The quantitative estimate of drug-likeness (QED) is 0.302. The third-order valence-electron chi connectivity index (χ3n) is 2.40. The van der Waals surface area contributed by atoms with Crippen molar-refractivity contribution in [3.05, 3.63) is 41.5 Å². The van der Waals surface area contributed by atoms with Crippen LogP contribution in [0.25, 0.3) is 6.08 Å². The minimum Gasteiger partial charge on any atom is -0.298 e. The number of hydrogen-bond donors (Lipinski definition) is 0. The Kier molecular flexibility index (Phi) is 6.59. The van der Waals surface area contributed by atoms with Crippen molar-refractivity contribution in [2.45, 2.75) is 25.7 Å². The van der Waals surface area contributed by atoms with Gasteiger partial charge in [-0.3, -0.25) is 4.79 Å². The lowest BCUT2D eigenvalue weighted by molar-refractivity contribution is -0.105. The number of hydrogen-bond acceptors (Lipinski definition) is 1. The van der Waals surface area contributed by atoms with Gasteiger partial charge in [-0.1, -0.05) is 36.8 Å². The Balaban J connectivity index is 2.47. The van der Waals surface area contributed by atoms with Crippen LogP contribution in [0.3, 0.4) is 0 Å². The van der Waals surface area contributed by atoms with Crippen molar-refractivity contribution < 1.29 is 4.79 Å². The summed E-state index contributed by atoms with van der Waals surface area (Å²) in [4.78, 5) is 10.9. The molecule has 1 rings (SSSR count). The smallest absolute Gasteiger partial charge is 0.146 e. The van der Waals surface area contributed by atoms with E-state index in [0.29, 0.717) is 5.88 Å². The van der Waals surface area contributed by atoms with Crippen molar-refractivity contribution in [3.8, 4) is 0 Å². The monoisotopic (exact) mass is 236 g/mol. The molecule has 0 aliphatic rings. The van der Waals surface area contributed by atoms with Gasteiger partial charge in [-0.05, 0) is 36.5 Å². The molecule has 1 aromatic rings. The Morgan fingerprint density at radius 1 is 1.12 bits per heavy atom. The third kappa shape index (κ3) is 5.13. The van der Waals surface area contributed by atoms with Gasteiger partial charge in [0.05, 0.1) is 0 Å².